The highest BCUT2D eigenvalue weighted by Crippen LogP contribution is 2.43. The first-order valence-electron chi connectivity index (χ1n) is 37.2. The molecule has 0 aliphatic rings. The molecule has 84 heavy (non-hydrogen) atoms. The van der Waals surface area contributed by atoms with E-state index < -0.39 is 20.0 Å². The van der Waals surface area contributed by atoms with E-state index in [-0.39, 0.29) is 25.1 Å². The highest BCUT2D eigenvalue weighted by atomic mass is 31.2. The van der Waals surface area contributed by atoms with Crippen molar-refractivity contribution < 1.29 is 37.3 Å². The van der Waals surface area contributed by atoms with Crippen LogP contribution in [0.5, 0.6) is 0 Å². The quantitative estimate of drug-likeness (QED) is 0.0205. The summed E-state index contributed by atoms with van der Waals surface area (Å²) in [5.41, 5.74) is 0. The molecule has 0 saturated carbocycles. The van der Waals surface area contributed by atoms with Gasteiger partial charge in [-0.15, -0.1) is 0 Å². The van der Waals surface area contributed by atoms with E-state index in [0.717, 1.165) is 57.8 Å². The number of carbonyl (C=O) groups excluding carboxylic acids is 2. The predicted octanol–water partition coefficient (Wildman–Crippen LogP) is 23.6. The van der Waals surface area contributed by atoms with Crippen molar-refractivity contribution in [1.82, 2.24) is 5.32 Å². The Morgan fingerprint density at radius 1 is 0.405 bits per heavy atom. The average Bonchev–Trinajstić information content (AvgIpc) is 3.64. The Labute approximate surface area is 524 Å². The van der Waals surface area contributed by atoms with Gasteiger partial charge < -0.3 is 19.4 Å². The molecule has 0 saturated heterocycles. The Morgan fingerprint density at radius 2 is 0.690 bits per heavy atom. The summed E-state index contributed by atoms with van der Waals surface area (Å²) in [7, 11) is 1.52. The lowest BCUT2D eigenvalue weighted by molar-refractivity contribution is -0.870. The maximum Gasteiger partial charge on any atom is 0.472 e. The Morgan fingerprint density at radius 3 is 1.01 bits per heavy atom. The largest absolute Gasteiger partial charge is 0.472 e. The maximum atomic E-state index is 13.6. The lowest BCUT2D eigenvalue weighted by Crippen LogP contribution is -2.47. The second-order valence-electron chi connectivity index (χ2n) is 26.8. The molecule has 0 aromatic carbocycles. The van der Waals surface area contributed by atoms with E-state index in [1.807, 2.05) is 27.2 Å². The number of nitrogens with one attached hydrogen (secondary N) is 1. The predicted molar refractivity (Wildman–Crippen MR) is 365 cm³/mol. The van der Waals surface area contributed by atoms with Gasteiger partial charge in [0.25, 0.3) is 0 Å². The van der Waals surface area contributed by atoms with Gasteiger partial charge in [-0.1, -0.05) is 341 Å². The number of ether oxygens (including phenoxy) is 1. The number of amides is 1. The molecule has 9 nitrogen and oxygen atoms in total. The van der Waals surface area contributed by atoms with Crippen molar-refractivity contribution in [1.29, 1.82) is 0 Å². The molecular weight excluding hydrogens is 1060 g/mol. The minimum absolute atomic E-state index is 0.0449. The van der Waals surface area contributed by atoms with Crippen LogP contribution in [0.4, 0.5) is 0 Å². The summed E-state index contributed by atoms with van der Waals surface area (Å²) in [4.78, 5) is 37.9. The topological polar surface area (TPSA) is 111 Å². The molecule has 0 heterocycles. The number of hydrogen-bond donors (Lipinski definition) is 2. The van der Waals surface area contributed by atoms with Crippen LogP contribution in [0.15, 0.2) is 24.3 Å². The maximum absolute atomic E-state index is 13.6. The molecule has 0 aromatic heterocycles. The van der Waals surface area contributed by atoms with Gasteiger partial charge in [0.05, 0.1) is 33.8 Å². The van der Waals surface area contributed by atoms with E-state index in [2.05, 4.69) is 44.3 Å². The van der Waals surface area contributed by atoms with Crippen molar-refractivity contribution in [2.24, 2.45) is 0 Å². The summed E-state index contributed by atoms with van der Waals surface area (Å²) >= 11 is 0. The number of phosphoric acid groups is 1. The fraction of sp³-hybridized carbons (Fsp3) is 0.919. The number of rotatable bonds is 69. The number of likely N-dealkylation sites (N-methyl/N-ethyl adjacent to an activating group) is 1. The fourth-order valence-corrected chi connectivity index (χ4v) is 12.1. The zero-order valence-corrected chi connectivity index (χ0v) is 58.1. The van der Waals surface area contributed by atoms with Gasteiger partial charge in [-0.2, -0.15) is 0 Å². The molecule has 0 spiro atoms. The van der Waals surface area contributed by atoms with Crippen molar-refractivity contribution in [3.63, 3.8) is 0 Å². The Balaban J connectivity index is 4.94. The molecule has 2 N–H and O–H groups in total. The summed E-state index contributed by atoms with van der Waals surface area (Å²) in [5.74, 6) is -0.479. The summed E-state index contributed by atoms with van der Waals surface area (Å²) in [6.45, 7) is 7.08. The van der Waals surface area contributed by atoms with E-state index >= 15 is 0 Å². The molecule has 0 fully saturated rings. The zero-order valence-electron chi connectivity index (χ0n) is 57.2. The lowest BCUT2D eigenvalue weighted by atomic mass is 10.0. The Bertz CT molecular complexity index is 1480. The summed E-state index contributed by atoms with van der Waals surface area (Å²) in [5, 5.41) is 3.08. The minimum Gasteiger partial charge on any atom is -0.456 e. The monoisotopic (exact) mass is 1210 g/mol. The third-order valence-corrected chi connectivity index (χ3v) is 18.1. The van der Waals surface area contributed by atoms with Gasteiger partial charge in [-0.25, -0.2) is 4.57 Å². The van der Waals surface area contributed by atoms with Crippen LogP contribution in [0.1, 0.15) is 387 Å². The van der Waals surface area contributed by atoms with Crippen LogP contribution in [0, 0.1) is 0 Å². The molecule has 0 aliphatic heterocycles. The van der Waals surface area contributed by atoms with Crippen molar-refractivity contribution >= 4 is 19.7 Å². The molecule has 0 bridgehead atoms. The molecule has 0 aliphatic carbocycles. The lowest BCUT2D eigenvalue weighted by Gasteiger charge is -2.27. The van der Waals surface area contributed by atoms with Crippen LogP contribution in [0.3, 0.4) is 0 Å². The second kappa shape index (κ2) is 64.5. The van der Waals surface area contributed by atoms with E-state index in [1.54, 1.807) is 0 Å². The molecule has 0 aromatic rings. The summed E-state index contributed by atoms with van der Waals surface area (Å²) < 4.78 is 30.9. The third-order valence-electron chi connectivity index (χ3n) is 17.1. The third kappa shape index (κ3) is 64.9. The molecule has 498 valence electrons. The fourth-order valence-electron chi connectivity index (χ4n) is 11.4. The minimum atomic E-state index is -4.45. The SMILES string of the molecule is CCCCCCCC/C=C/CCCCCCCCCCCCCCCCCCCC(=O)NC(COP(=O)(O)OCC[N+](C)(C)C)C(/C=C\CCCCCCCCCCCC)OC(=O)CCCCCCCCCCCCCCCCCCCCC. The highest BCUT2D eigenvalue weighted by Gasteiger charge is 2.30. The Hall–Kier alpha value is -1.51. The van der Waals surface area contributed by atoms with E-state index in [1.165, 1.54) is 295 Å². The molecule has 0 rings (SSSR count). The number of quaternary nitrogens is 1. The van der Waals surface area contributed by atoms with E-state index in [9.17, 15) is 19.0 Å². The van der Waals surface area contributed by atoms with Gasteiger partial charge >= 0.3 is 13.8 Å². The zero-order chi connectivity index (χ0) is 61.4. The average molecular weight is 1210 g/mol. The van der Waals surface area contributed by atoms with Crippen LogP contribution < -0.4 is 5.32 Å². The number of phosphoric ester groups is 1. The van der Waals surface area contributed by atoms with Crippen LogP contribution in [0.2, 0.25) is 0 Å². The van der Waals surface area contributed by atoms with Crippen LogP contribution in [-0.4, -0.2) is 74.3 Å². The number of esters is 1. The number of nitrogens with zero attached hydrogens (tertiary/aromatic N) is 1. The standard InChI is InChI=1S/C74H145N2O7P/c1-7-10-13-16-19-22-25-28-30-32-34-35-36-37-38-39-40-41-43-44-46-48-51-54-57-60-63-66-73(77)75-71(70-82-84(79,80)81-69-68-76(4,5)6)72(65-62-59-56-53-50-27-24-21-18-15-12-9-3)83-74(78)67-64-61-58-55-52-49-47-45-42-33-31-29-26-23-20-17-14-11-8-2/h28,30,62,65,71-72H,7-27,29,31-61,63-64,66-70H2,1-6H3,(H-,75,77,79,80)/p+1/b30-28+,65-62-. The van der Waals surface area contributed by atoms with Crippen LogP contribution in [-0.2, 0) is 27.9 Å². The summed E-state index contributed by atoms with van der Waals surface area (Å²) in [6, 6.07) is -0.843. The van der Waals surface area contributed by atoms with Gasteiger partial charge in [0, 0.05) is 12.8 Å². The molecule has 0 radical (unpaired) electrons. The Kier molecular flexibility index (Phi) is 63.3. The van der Waals surface area contributed by atoms with Crippen molar-refractivity contribution in [2.45, 2.75) is 399 Å². The highest BCUT2D eigenvalue weighted by molar-refractivity contribution is 7.47. The second-order valence-corrected chi connectivity index (χ2v) is 28.3. The first-order chi connectivity index (χ1) is 40.9. The van der Waals surface area contributed by atoms with E-state index in [4.69, 9.17) is 13.8 Å². The van der Waals surface area contributed by atoms with Gasteiger partial charge in [0.15, 0.2) is 0 Å². The number of carbonyl (C=O) groups is 2. The van der Waals surface area contributed by atoms with Gasteiger partial charge in [0.2, 0.25) is 5.91 Å². The van der Waals surface area contributed by atoms with Crippen molar-refractivity contribution in [2.75, 3.05) is 40.9 Å². The first-order valence-corrected chi connectivity index (χ1v) is 38.7. The van der Waals surface area contributed by atoms with Gasteiger partial charge in [-0.05, 0) is 57.4 Å². The van der Waals surface area contributed by atoms with E-state index in [0.29, 0.717) is 23.9 Å². The van der Waals surface area contributed by atoms with Gasteiger partial charge in [-0.3, -0.25) is 18.6 Å². The molecule has 3 unspecified atom stereocenters. The number of allylic oxidation sites excluding steroid dienone is 3. The first kappa shape index (κ1) is 82.5. The number of unbranched alkanes of at least 4 members (excludes halogenated alkanes) is 51. The number of hydrogen-bond acceptors (Lipinski definition) is 6. The van der Waals surface area contributed by atoms with Gasteiger partial charge in [0.1, 0.15) is 19.3 Å². The summed E-state index contributed by atoms with van der Waals surface area (Å²) in [6.07, 6.45) is 79.2. The molecule has 3 atom stereocenters. The normalized spacial score (nSPS) is 13.6. The van der Waals surface area contributed by atoms with Crippen LogP contribution >= 0.6 is 7.82 Å². The molecular formula is C74H146N2O7P+. The smallest absolute Gasteiger partial charge is 0.456 e. The van der Waals surface area contributed by atoms with Crippen LogP contribution in [0.25, 0.3) is 0 Å². The molecule has 10 heteroatoms. The van der Waals surface area contributed by atoms with Crippen molar-refractivity contribution in [3.8, 4) is 0 Å². The molecule has 1 amide bonds. The van der Waals surface area contributed by atoms with Crippen molar-refractivity contribution in [3.05, 3.63) is 24.3 Å².